The Bertz CT molecular complexity index is 952. The van der Waals surface area contributed by atoms with Crippen molar-refractivity contribution in [1.82, 2.24) is 16.0 Å². The Morgan fingerprint density at radius 2 is 1.22 bits per heavy atom. The third-order valence-corrected chi connectivity index (χ3v) is 4.98. The number of carboxylic acid groups (broad SMARTS) is 3. The lowest BCUT2D eigenvalue weighted by Crippen LogP contribution is -2.58. The number of amides is 3. The smallest absolute Gasteiger partial charge is 0.326 e. The van der Waals surface area contributed by atoms with Crippen molar-refractivity contribution >= 4 is 35.6 Å². The molecule has 198 valence electrons. The monoisotopic (exact) mass is 508 g/mol. The van der Waals surface area contributed by atoms with Crippen molar-refractivity contribution in [1.29, 1.82) is 0 Å². The summed E-state index contributed by atoms with van der Waals surface area (Å²) in [5.41, 5.74) is 6.66. The molecule has 0 aliphatic rings. The van der Waals surface area contributed by atoms with Crippen LogP contribution in [0, 0.1) is 5.92 Å². The number of carbonyl (C=O) groups is 6. The molecule has 0 radical (unpaired) electrons. The summed E-state index contributed by atoms with van der Waals surface area (Å²) < 4.78 is 0. The van der Waals surface area contributed by atoms with Crippen LogP contribution in [0.1, 0.15) is 38.7 Å². The SMILES string of the molecule is CC(C)CC(NC(=O)C(CC(=O)O)NC(=O)C(N)Cc1ccccc1)C(=O)NC(CC(=O)O)C(=O)O. The summed E-state index contributed by atoms with van der Waals surface area (Å²) in [4.78, 5) is 71.6. The van der Waals surface area contributed by atoms with E-state index in [0.717, 1.165) is 5.56 Å². The molecule has 1 rings (SSSR count). The van der Waals surface area contributed by atoms with Gasteiger partial charge >= 0.3 is 17.9 Å². The van der Waals surface area contributed by atoms with Gasteiger partial charge in [0.05, 0.1) is 18.9 Å². The summed E-state index contributed by atoms with van der Waals surface area (Å²) in [6.45, 7) is 3.44. The number of nitrogens with two attached hydrogens (primary N) is 1. The molecule has 1 aromatic carbocycles. The molecule has 0 saturated heterocycles. The molecule has 8 N–H and O–H groups in total. The van der Waals surface area contributed by atoms with Crippen molar-refractivity contribution in [2.45, 2.75) is 63.7 Å². The molecular weight excluding hydrogens is 476 g/mol. The summed E-state index contributed by atoms with van der Waals surface area (Å²) >= 11 is 0. The number of carbonyl (C=O) groups excluding carboxylic acids is 3. The van der Waals surface area contributed by atoms with Crippen LogP contribution in [0.25, 0.3) is 0 Å². The maximum absolute atomic E-state index is 12.9. The van der Waals surface area contributed by atoms with Crippen LogP contribution in [0.4, 0.5) is 0 Å². The van der Waals surface area contributed by atoms with Crippen LogP contribution in [0.2, 0.25) is 0 Å². The minimum Gasteiger partial charge on any atom is -0.481 e. The third kappa shape index (κ3) is 11.0. The number of hydrogen-bond acceptors (Lipinski definition) is 7. The summed E-state index contributed by atoms with van der Waals surface area (Å²) in [5, 5.41) is 33.9. The van der Waals surface area contributed by atoms with E-state index in [1.807, 2.05) is 0 Å². The highest BCUT2D eigenvalue weighted by Gasteiger charge is 2.32. The zero-order valence-corrected chi connectivity index (χ0v) is 20.0. The molecule has 3 amide bonds. The Kier molecular flexibility index (Phi) is 12.0. The van der Waals surface area contributed by atoms with Crippen molar-refractivity contribution in [3.8, 4) is 0 Å². The van der Waals surface area contributed by atoms with Crippen LogP contribution in [-0.2, 0) is 35.2 Å². The molecule has 0 aliphatic heterocycles. The van der Waals surface area contributed by atoms with Crippen LogP contribution in [0.3, 0.4) is 0 Å². The highest BCUT2D eigenvalue weighted by molar-refractivity contribution is 5.96. The van der Waals surface area contributed by atoms with Gasteiger partial charge < -0.3 is 37.0 Å². The molecule has 0 heterocycles. The quantitative estimate of drug-likeness (QED) is 0.154. The fraction of sp³-hybridized carbons (Fsp3) is 0.478. The Balaban J connectivity index is 2.98. The first-order valence-corrected chi connectivity index (χ1v) is 11.2. The van der Waals surface area contributed by atoms with E-state index >= 15 is 0 Å². The van der Waals surface area contributed by atoms with E-state index < -0.39 is 72.6 Å². The lowest BCUT2D eigenvalue weighted by molar-refractivity contribution is -0.147. The molecule has 13 nitrogen and oxygen atoms in total. The molecule has 0 spiro atoms. The first kappa shape index (κ1) is 30.0. The molecule has 0 aromatic heterocycles. The van der Waals surface area contributed by atoms with Gasteiger partial charge in [0.1, 0.15) is 18.1 Å². The number of carboxylic acids is 3. The van der Waals surface area contributed by atoms with Gasteiger partial charge in [-0.2, -0.15) is 0 Å². The first-order chi connectivity index (χ1) is 16.8. The predicted octanol–water partition coefficient (Wildman–Crippen LogP) is -0.909. The number of hydrogen-bond donors (Lipinski definition) is 7. The summed E-state index contributed by atoms with van der Waals surface area (Å²) in [6.07, 6.45) is -1.53. The summed E-state index contributed by atoms with van der Waals surface area (Å²) in [6, 6.07) is 3.07. The minimum absolute atomic E-state index is 0.0260. The van der Waals surface area contributed by atoms with E-state index in [4.69, 9.17) is 10.8 Å². The van der Waals surface area contributed by atoms with Crippen LogP contribution >= 0.6 is 0 Å². The second-order valence-electron chi connectivity index (χ2n) is 8.64. The van der Waals surface area contributed by atoms with Gasteiger partial charge in [-0.1, -0.05) is 44.2 Å². The fourth-order valence-corrected chi connectivity index (χ4v) is 3.25. The van der Waals surface area contributed by atoms with E-state index in [2.05, 4.69) is 16.0 Å². The highest BCUT2D eigenvalue weighted by atomic mass is 16.4. The molecule has 4 unspecified atom stereocenters. The molecule has 36 heavy (non-hydrogen) atoms. The molecule has 0 fully saturated rings. The molecule has 4 atom stereocenters. The number of aliphatic carboxylic acids is 3. The Labute approximate surface area is 207 Å². The van der Waals surface area contributed by atoms with Crippen molar-refractivity contribution in [3.05, 3.63) is 35.9 Å². The Morgan fingerprint density at radius 1 is 0.750 bits per heavy atom. The van der Waals surface area contributed by atoms with Crippen LogP contribution in [-0.4, -0.2) is 75.1 Å². The Hall–Kier alpha value is -4.00. The van der Waals surface area contributed by atoms with E-state index in [-0.39, 0.29) is 18.8 Å². The third-order valence-electron chi connectivity index (χ3n) is 4.98. The minimum atomic E-state index is -1.74. The van der Waals surface area contributed by atoms with Gasteiger partial charge in [0.25, 0.3) is 0 Å². The summed E-state index contributed by atoms with van der Waals surface area (Å²) in [7, 11) is 0. The lowest BCUT2D eigenvalue weighted by Gasteiger charge is -2.25. The Morgan fingerprint density at radius 3 is 1.72 bits per heavy atom. The second-order valence-corrected chi connectivity index (χ2v) is 8.64. The topological polar surface area (TPSA) is 225 Å². The molecule has 0 aliphatic carbocycles. The zero-order chi connectivity index (χ0) is 27.4. The summed E-state index contributed by atoms with van der Waals surface area (Å²) in [5.74, 6) is -7.35. The van der Waals surface area contributed by atoms with E-state index in [0.29, 0.717) is 0 Å². The van der Waals surface area contributed by atoms with Gasteiger partial charge in [0, 0.05) is 0 Å². The average Bonchev–Trinajstić information content (AvgIpc) is 2.77. The van der Waals surface area contributed by atoms with Gasteiger partial charge in [-0.15, -0.1) is 0 Å². The number of rotatable bonds is 15. The van der Waals surface area contributed by atoms with Crippen molar-refractivity contribution in [2.75, 3.05) is 0 Å². The van der Waals surface area contributed by atoms with Crippen molar-refractivity contribution < 1.29 is 44.1 Å². The van der Waals surface area contributed by atoms with Crippen LogP contribution < -0.4 is 21.7 Å². The number of nitrogens with one attached hydrogen (secondary N) is 3. The van der Waals surface area contributed by atoms with Gasteiger partial charge in [-0.3, -0.25) is 24.0 Å². The maximum Gasteiger partial charge on any atom is 0.326 e. The second kappa shape index (κ2) is 14.4. The van der Waals surface area contributed by atoms with Gasteiger partial charge in [0.15, 0.2) is 0 Å². The van der Waals surface area contributed by atoms with Gasteiger partial charge in [-0.05, 0) is 24.3 Å². The maximum atomic E-state index is 12.9. The molecule has 1 aromatic rings. The predicted molar refractivity (Wildman–Crippen MR) is 126 cm³/mol. The van der Waals surface area contributed by atoms with Gasteiger partial charge in [0.2, 0.25) is 17.7 Å². The highest BCUT2D eigenvalue weighted by Crippen LogP contribution is 2.08. The van der Waals surface area contributed by atoms with Gasteiger partial charge in [-0.25, -0.2) is 4.79 Å². The fourth-order valence-electron chi connectivity index (χ4n) is 3.25. The van der Waals surface area contributed by atoms with E-state index in [1.54, 1.807) is 44.2 Å². The van der Waals surface area contributed by atoms with Crippen molar-refractivity contribution in [3.63, 3.8) is 0 Å². The van der Waals surface area contributed by atoms with Crippen LogP contribution in [0.15, 0.2) is 30.3 Å². The largest absolute Gasteiger partial charge is 0.481 e. The number of benzene rings is 1. The molecule has 0 saturated carbocycles. The van der Waals surface area contributed by atoms with E-state index in [1.165, 1.54) is 0 Å². The lowest BCUT2D eigenvalue weighted by atomic mass is 10.0. The van der Waals surface area contributed by atoms with Crippen molar-refractivity contribution in [2.24, 2.45) is 11.7 Å². The molecular formula is C23H32N4O9. The van der Waals surface area contributed by atoms with Crippen LogP contribution in [0.5, 0.6) is 0 Å². The molecule has 0 bridgehead atoms. The first-order valence-electron chi connectivity index (χ1n) is 11.2. The van der Waals surface area contributed by atoms with E-state index in [9.17, 15) is 39.0 Å². The normalized spacial score (nSPS) is 14.1. The standard InChI is InChI=1S/C23H32N4O9/c1-12(2)8-15(21(33)27-17(23(35)36)11-19(30)31)26-22(34)16(10-18(28)29)25-20(32)14(24)9-13-6-4-3-5-7-13/h3-7,12,14-17H,8-11,24H2,1-2H3,(H,25,32)(H,26,34)(H,27,33)(H,28,29)(H,30,31)(H,35,36). The average molecular weight is 509 g/mol. The zero-order valence-electron chi connectivity index (χ0n) is 20.0. The molecule has 13 heteroatoms.